The van der Waals surface area contributed by atoms with Gasteiger partial charge in [-0.15, -0.1) is 0 Å². The molecule has 20 heavy (non-hydrogen) atoms. The number of rotatable bonds is 4. The van der Waals surface area contributed by atoms with E-state index in [1.54, 1.807) is 13.1 Å². The van der Waals surface area contributed by atoms with Crippen LogP contribution in [0.15, 0.2) is 47.5 Å². The average molecular weight is 295 g/mol. The number of aromatic nitrogens is 1. The Bertz CT molecular complexity index is 719. The second kappa shape index (κ2) is 5.46. The highest BCUT2D eigenvalue weighted by atomic mass is 32.2. The van der Waals surface area contributed by atoms with Gasteiger partial charge in [0, 0.05) is 26.4 Å². The summed E-state index contributed by atoms with van der Waals surface area (Å²) in [5.74, 6) is -0.172. The molecule has 0 unspecified atom stereocenters. The summed E-state index contributed by atoms with van der Waals surface area (Å²) in [6.45, 7) is 0. The third-order valence-electron chi connectivity index (χ3n) is 2.84. The number of benzene rings is 1. The van der Waals surface area contributed by atoms with Crippen LogP contribution in [0.2, 0.25) is 0 Å². The lowest BCUT2D eigenvalue weighted by atomic mass is 10.3. The van der Waals surface area contributed by atoms with Crippen LogP contribution in [-0.4, -0.2) is 27.5 Å². The number of sulfonamides is 1. The predicted octanol–water partition coefficient (Wildman–Crippen LogP) is 2.09. The van der Waals surface area contributed by atoms with Gasteiger partial charge in [0.1, 0.15) is 11.6 Å². The first-order valence-corrected chi connectivity index (χ1v) is 7.28. The normalized spacial score (nSPS) is 11.2. The van der Waals surface area contributed by atoms with E-state index < -0.39 is 15.8 Å². The number of nitrogens with zero attached hydrogens (tertiary/aromatic N) is 2. The molecule has 0 amide bonds. The van der Waals surface area contributed by atoms with Gasteiger partial charge in [-0.3, -0.25) is 4.31 Å². The summed E-state index contributed by atoms with van der Waals surface area (Å²) in [6, 6.07) is 8.47. The molecule has 0 aliphatic carbocycles. The molecule has 5 nitrogen and oxygen atoms in total. The largest absolute Gasteiger partial charge is 0.373 e. The minimum Gasteiger partial charge on any atom is -0.373 e. The maximum Gasteiger partial charge on any atom is 0.264 e. The van der Waals surface area contributed by atoms with Crippen LogP contribution in [0, 0.1) is 5.82 Å². The summed E-state index contributed by atoms with van der Waals surface area (Å²) in [4.78, 5) is 4.00. The topological polar surface area (TPSA) is 62.3 Å². The molecule has 0 aliphatic heterocycles. The standard InChI is InChI=1S/C13H14FN3O2S/c1-15-13-9-10(7-8-16-13)20(18,19)17(2)12-6-4-3-5-11(12)14/h3-9H,1-2H3,(H,15,16). The van der Waals surface area contributed by atoms with Crippen molar-refractivity contribution >= 4 is 21.5 Å². The van der Waals surface area contributed by atoms with Gasteiger partial charge in [-0.1, -0.05) is 12.1 Å². The molecule has 0 fully saturated rings. The first-order chi connectivity index (χ1) is 9.46. The Kier molecular flexibility index (Phi) is 3.89. The van der Waals surface area contributed by atoms with E-state index in [4.69, 9.17) is 0 Å². The fraction of sp³-hybridized carbons (Fsp3) is 0.154. The fourth-order valence-corrected chi connectivity index (χ4v) is 2.92. The summed E-state index contributed by atoms with van der Waals surface area (Å²) in [7, 11) is -0.883. The molecular formula is C13H14FN3O2S. The molecule has 0 bridgehead atoms. The first-order valence-electron chi connectivity index (χ1n) is 5.84. The number of para-hydroxylation sites is 1. The highest BCUT2D eigenvalue weighted by Crippen LogP contribution is 2.25. The van der Waals surface area contributed by atoms with Crippen molar-refractivity contribution in [2.75, 3.05) is 23.7 Å². The maximum atomic E-state index is 13.7. The van der Waals surface area contributed by atoms with Gasteiger partial charge in [0.15, 0.2) is 0 Å². The number of halogens is 1. The number of pyridine rings is 1. The Balaban J connectivity index is 2.47. The van der Waals surface area contributed by atoms with Crippen LogP contribution in [0.3, 0.4) is 0 Å². The molecule has 2 aromatic rings. The summed E-state index contributed by atoms with van der Waals surface area (Å²) in [5, 5.41) is 2.76. The van der Waals surface area contributed by atoms with Gasteiger partial charge in [-0.25, -0.2) is 17.8 Å². The summed E-state index contributed by atoms with van der Waals surface area (Å²) >= 11 is 0. The Morgan fingerprint density at radius 3 is 2.60 bits per heavy atom. The van der Waals surface area contributed by atoms with Crippen molar-refractivity contribution in [1.82, 2.24) is 4.98 Å². The Morgan fingerprint density at radius 2 is 1.95 bits per heavy atom. The predicted molar refractivity (Wildman–Crippen MR) is 75.8 cm³/mol. The Labute approximate surface area is 117 Å². The minimum atomic E-state index is -3.83. The third kappa shape index (κ3) is 2.57. The molecule has 0 spiro atoms. The second-order valence-corrected chi connectivity index (χ2v) is 6.02. The van der Waals surface area contributed by atoms with Gasteiger partial charge in [0.05, 0.1) is 10.6 Å². The molecule has 1 N–H and O–H groups in total. The fourth-order valence-electron chi connectivity index (χ4n) is 1.70. The van der Waals surface area contributed by atoms with E-state index in [0.29, 0.717) is 5.82 Å². The van der Waals surface area contributed by atoms with Gasteiger partial charge >= 0.3 is 0 Å². The third-order valence-corrected chi connectivity index (χ3v) is 4.61. The van der Waals surface area contributed by atoms with Crippen LogP contribution < -0.4 is 9.62 Å². The number of nitrogens with one attached hydrogen (secondary N) is 1. The lowest BCUT2D eigenvalue weighted by Gasteiger charge is -2.20. The van der Waals surface area contributed by atoms with Gasteiger partial charge in [0.2, 0.25) is 0 Å². The van der Waals surface area contributed by atoms with Crippen molar-refractivity contribution in [3.05, 3.63) is 48.4 Å². The van der Waals surface area contributed by atoms with Crippen LogP contribution in [0.5, 0.6) is 0 Å². The monoisotopic (exact) mass is 295 g/mol. The van der Waals surface area contributed by atoms with Crippen LogP contribution in [-0.2, 0) is 10.0 Å². The minimum absolute atomic E-state index is 0.00433. The van der Waals surface area contributed by atoms with Crippen molar-refractivity contribution in [2.24, 2.45) is 0 Å². The quantitative estimate of drug-likeness (QED) is 0.938. The van der Waals surface area contributed by atoms with Crippen molar-refractivity contribution in [3.8, 4) is 0 Å². The van der Waals surface area contributed by atoms with Gasteiger partial charge in [0.25, 0.3) is 10.0 Å². The zero-order valence-electron chi connectivity index (χ0n) is 11.0. The van der Waals surface area contributed by atoms with E-state index in [1.165, 1.54) is 43.6 Å². The van der Waals surface area contributed by atoms with Crippen LogP contribution in [0.4, 0.5) is 15.9 Å². The number of hydrogen-bond acceptors (Lipinski definition) is 4. The van der Waals surface area contributed by atoms with Crippen molar-refractivity contribution < 1.29 is 12.8 Å². The summed E-state index contributed by atoms with van der Waals surface area (Å²) < 4.78 is 39.5. The Morgan fingerprint density at radius 1 is 1.25 bits per heavy atom. The van der Waals surface area contributed by atoms with Gasteiger partial charge < -0.3 is 5.32 Å². The van der Waals surface area contributed by atoms with E-state index in [1.807, 2.05) is 0 Å². The molecule has 2 rings (SSSR count). The van der Waals surface area contributed by atoms with E-state index in [-0.39, 0.29) is 10.6 Å². The van der Waals surface area contributed by atoms with E-state index in [2.05, 4.69) is 10.3 Å². The summed E-state index contributed by atoms with van der Waals surface area (Å²) in [5.41, 5.74) is -0.00433. The molecule has 0 saturated carbocycles. The Hall–Kier alpha value is -2.15. The lowest BCUT2D eigenvalue weighted by molar-refractivity contribution is 0.589. The maximum absolute atomic E-state index is 13.7. The molecule has 106 valence electrons. The SMILES string of the molecule is CNc1cc(S(=O)(=O)N(C)c2ccccc2F)ccn1. The molecule has 0 atom stereocenters. The molecular weight excluding hydrogens is 281 g/mol. The van der Waals surface area contributed by atoms with Gasteiger partial charge in [-0.2, -0.15) is 0 Å². The number of anilines is 2. The van der Waals surface area contributed by atoms with E-state index in [0.717, 1.165) is 4.31 Å². The molecule has 0 radical (unpaired) electrons. The van der Waals surface area contributed by atoms with Crippen molar-refractivity contribution in [3.63, 3.8) is 0 Å². The van der Waals surface area contributed by atoms with Crippen LogP contribution in [0.1, 0.15) is 0 Å². The highest BCUT2D eigenvalue weighted by molar-refractivity contribution is 7.92. The van der Waals surface area contributed by atoms with Crippen molar-refractivity contribution in [1.29, 1.82) is 0 Å². The molecule has 1 aromatic carbocycles. The summed E-state index contributed by atoms with van der Waals surface area (Å²) in [6.07, 6.45) is 1.38. The second-order valence-electron chi connectivity index (χ2n) is 4.05. The molecule has 1 aromatic heterocycles. The van der Waals surface area contributed by atoms with Gasteiger partial charge in [-0.05, 0) is 18.2 Å². The zero-order chi connectivity index (χ0) is 14.8. The average Bonchev–Trinajstić information content (AvgIpc) is 2.47. The zero-order valence-corrected chi connectivity index (χ0v) is 11.9. The molecule has 1 heterocycles. The first kappa shape index (κ1) is 14.3. The lowest BCUT2D eigenvalue weighted by Crippen LogP contribution is -2.27. The molecule has 0 saturated heterocycles. The molecule has 7 heteroatoms. The number of hydrogen-bond donors (Lipinski definition) is 1. The van der Waals surface area contributed by atoms with Crippen LogP contribution >= 0.6 is 0 Å². The molecule has 0 aliphatic rings. The highest BCUT2D eigenvalue weighted by Gasteiger charge is 2.23. The van der Waals surface area contributed by atoms with Crippen LogP contribution in [0.25, 0.3) is 0 Å². The van der Waals surface area contributed by atoms with E-state index >= 15 is 0 Å². The smallest absolute Gasteiger partial charge is 0.264 e. The van der Waals surface area contributed by atoms with E-state index in [9.17, 15) is 12.8 Å². The van der Waals surface area contributed by atoms with Crippen molar-refractivity contribution in [2.45, 2.75) is 4.90 Å².